The van der Waals surface area contributed by atoms with E-state index in [2.05, 4.69) is 20.8 Å². The first-order valence-electron chi connectivity index (χ1n) is 5.82. The van der Waals surface area contributed by atoms with Crippen LogP contribution in [0.25, 0.3) is 0 Å². The Balaban J connectivity index is 2.39. The number of hydrogen-bond donors (Lipinski definition) is 0. The van der Waals surface area contributed by atoms with Gasteiger partial charge in [0.05, 0.1) is 0 Å². The Bertz CT molecular complexity index is 346. The summed E-state index contributed by atoms with van der Waals surface area (Å²) in [6.45, 7) is 1.60. The van der Waals surface area contributed by atoms with Crippen molar-refractivity contribution in [3.8, 4) is 0 Å². The van der Waals surface area contributed by atoms with Gasteiger partial charge in [-0.1, -0.05) is 34.0 Å². The molecule has 0 fully saturated rings. The Labute approximate surface area is 116 Å². The summed E-state index contributed by atoms with van der Waals surface area (Å²) < 4.78 is 13.5. The van der Waals surface area contributed by atoms with Gasteiger partial charge in [0.2, 0.25) is 0 Å². The summed E-state index contributed by atoms with van der Waals surface area (Å²) >= 11 is 9.27. The van der Waals surface area contributed by atoms with Crippen LogP contribution in [0, 0.1) is 5.82 Å². The van der Waals surface area contributed by atoms with Crippen molar-refractivity contribution in [1.82, 2.24) is 4.90 Å². The molecule has 1 nitrogen and oxygen atoms in total. The molecular formula is C13H18BrClFN. The van der Waals surface area contributed by atoms with Gasteiger partial charge in [-0.3, -0.25) is 0 Å². The summed E-state index contributed by atoms with van der Waals surface area (Å²) in [5.41, 5.74) is 0.667. The van der Waals surface area contributed by atoms with Crippen LogP contribution in [0.1, 0.15) is 24.8 Å². The van der Waals surface area contributed by atoms with Gasteiger partial charge < -0.3 is 4.90 Å². The highest BCUT2D eigenvalue weighted by atomic mass is 79.9. The molecule has 0 saturated carbocycles. The van der Waals surface area contributed by atoms with Crippen LogP contribution in [-0.4, -0.2) is 23.8 Å². The van der Waals surface area contributed by atoms with Gasteiger partial charge in [0, 0.05) is 22.5 Å². The van der Waals surface area contributed by atoms with Gasteiger partial charge in [-0.2, -0.15) is 0 Å². The van der Waals surface area contributed by atoms with E-state index in [1.807, 2.05) is 7.05 Å². The van der Waals surface area contributed by atoms with E-state index >= 15 is 0 Å². The third-order valence-electron chi connectivity index (χ3n) is 2.62. The lowest BCUT2D eigenvalue weighted by Gasteiger charge is -2.17. The van der Waals surface area contributed by atoms with Crippen LogP contribution < -0.4 is 0 Å². The van der Waals surface area contributed by atoms with E-state index in [1.54, 1.807) is 12.1 Å². The molecule has 17 heavy (non-hydrogen) atoms. The highest BCUT2D eigenvalue weighted by Gasteiger charge is 2.06. The van der Waals surface area contributed by atoms with Gasteiger partial charge in [0.1, 0.15) is 5.82 Å². The third-order valence-corrected chi connectivity index (χ3v) is 3.42. The zero-order valence-electron chi connectivity index (χ0n) is 10.1. The van der Waals surface area contributed by atoms with Crippen molar-refractivity contribution in [2.45, 2.75) is 25.8 Å². The standard InChI is InChI=1S/C13H18BrClFN/c1-17(8-4-2-3-7-14)10-11-9-12(15)5-6-13(11)16/h5-6,9H,2-4,7-8,10H2,1H3. The van der Waals surface area contributed by atoms with Gasteiger partial charge in [0.15, 0.2) is 0 Å². The lowest BCUT2D eigenvalue weighted by Crippen LogP contribution is -2.19. The molecule has 0 amide bonds. The maximum atomic E-state index is 13.5. The highest BCUT2D eigenvalue weighted by Crippen LogP contribution is 2.16. The topological polar surface area (TPSA) is 3.24 Å². The zero-order valence-corrected chi connectivity index (χ0v) is 12.4. The summed E-state index contributed by atoms with van der Waals surface area (Å²) in [5.74, 6) is -0.179. The van der Waals surface area contributed by atoms with Crippen LogP contribution in [0.5, 0.6) is 0 Å². The molecule has 96 valence electrons. The molecule has 1 aromatic rings. The summed E-state index contributed by atoms with van der Waals surface area (Å²) in [4.78, 5) is 2.13. The molecule has 0 radical (unpaired) electrons. The lowest BCUT2D eigenvalue weighted by molar-refractivity contribution is 0.313. The van der Waals surface area contributed by atoms with Crippen LogP contribution in [0.2, 0.25) is 5.02 Å². The van der Waals surface area contributed by atoms with Gasteiger partial charge in [-0.05, 0) is 44.6 Å². The van der Waals surface area contributed by atoms with Gasteiger partial charge in [-0.25, -0.2) is 4.39 Å². The molecule has 0 N–H and O–H groups in total. The van der Waals surface area contributed by atoms with Crippen LogP contribution in [0.15, 0.2) is 18.2 Å². The summed E-state index contributed by atoms with van der Waals surface area (Å²) in [6.07, 6.45) is 3.54. The SMILES string of the molecule is CN(CCCCCBr)Cc1cc(Cl)ccc1F. The van der Waals surface area contributed by atoms with E-state index in [1.165, 1.54) is 18.9 Å². The fraction of sp³-hybridized carbons (Fsp3) is 0.538. The number of rotatable bonds is 7. The van der Waals surface area contributed by atoms with E-state index in [9.17, 15) is 4.39 Å². The normalized spacial score (nSPS) is 11.1. The first-order valence-corrected chi connectivity index (χ1v) is 7.32. The zero-order chi connectivity index (χ0) is 12.7. The van der Waals surface area contributed by atoms with E-state index in [4.69, 9.17) is 11.6 Å². The molecule has 0 atom stereocenters. The van der Waals surface area contributed by atoms with Crippen LogP contribution in [-0.2, 0) is 6.54 Å². The summed E-state index contributed by atoms with van der Waals surface area (Å²) in [5, 5.41) is 1.65. The van der Waals surface area contributed by atoms with Crippen molar-refractivity contribution in [3.05, 3.63) is 34.6 Å². The van der Waals surface area contributed by atoms with E-state index < -0.39 is 0 Å². The summed E-state index contributed by atoms with van der Waals surface area (Å²) in [6, 6.07) is 4.71. The van der Waals surface area contributed by atoms with Crippen molar-refractivity contribution in [3.63, 3.8) is 0 Å². The molecule has 0 aliphatic carbocycles. The molecule has 0 aliphatic rings. The maximum Gasteiger partial charge on any atom is 0.127 e. The fourth-order valence-corrected chi connectivity index (χ4v) is 2.28. The molecule has 0 bridgehead atoms. The van der Waals surface area contributed by atoms with Crippen molar-refractivity contribution >= 4 is 27.5 Å². The van der Waals surface area contributed by atoms with E-state index in [0.717, 1.165) is 18.3 Å². The van der Waals surface area contributed by atoms with Crippen molar-refractivity contribution in [2.75, 3.05) is 18.9 Å². The molecule has 0 spiro atoms. The minimum absolute atomic E-state index is 0.179. The average Bonchev–Trinajstić information content (AvgIpc) is 2.29. The number of alkyl halides is 1. The molecular weight excluding hydrogens is 305 g/mol. The van der Waals surface area contributed by atoms with Gasteiger partial charge in [-0.15, -0.1) is 0 Å². The fourth-order valence-electron chi connectivity index (χ4n) is 1.69. The van der Waals surface area contributed by atoms with E-state index in [0.29, 0.717) is 17.1 Å². The Kier molecular flexibility index (Phi) is 7.09. The van der Waals surface area contributed by atoms with Gasteiger partial charge >= 0.3 is 0 Å². The van der Waals surface area contributed by atoms with Crippen molar-refractivity contribution in [2.24, 2.45) is 0 Å². The Hall–Kier alpha value is -0.120. The highest BCUT2D eigenvalue weighted by molar-refractivity contribution is 9.09. The Morgan fingerprint density at radius 2 is 2.06 bits per heavy atom. The number of halogens is 3. The van der Waals surface area contributed by atoms with Crippen LogP contribution in [0.4, 0.5) is 4.39 Å². The minimum atomic E-state index is -0.179. The molecule has 0 saturated heterocycles. The number of hydrogen-bond acceptors (Lipinski definition) is 1. The van der Waals surface area contributed by atoms with Crippen LogP contribution >= 0.6 is 27.5 Å². The maximum absolute atomic E-state index is 13.5. The second kappa shape index (κ2) is 8.06. The molecule has 0 heterocycles. The predicted octanol–water partition coefficient (Wildman–Crippen LogP) is 4.48. The molecule has 0 unspecified atom stereocenters. The first kappa shape index (κ1) is 14.9. The Morgan fingerprint density at radius 1 is 1.29 bits per heavy atom. The molecule has 4 heteroatoms. The predicted molar refractivity (Wildman–Crippen MR) is 75.4 cm³/mol. The monoisotopic (exact) mass is 321 g/mol. The average molecular weight is 323 g/mol. The molecule has 0 aromatic heterocycles. The largest absolute Gasteiger partial charge is 0.302 e. The second-order valence-electron chi connectivity index (χ2n) is 4.22. The lowest BCUT2D eigenvalue weighted by atomic mass is 10.2. The third kappa shape index (κ3) is 5.84. The minimum Gasteiger partial charge on any atom is -0.302 e. The van der Waals surface area contributed by atoms with E-state index in [-0.39, 0.29) is 5.82 Å². The molecule has 1 aromatic carbocycles. The number of nitrogens with zero attached hydrogens (tertiary/aromatic N) is 1. The van der Waals surface area contributed by atoms with Crippen LogP contribution in [0.3, 0.4) is 0 Å². The number of benzene rings is 1. The smallest absolute Gasteiger partial charge is 0.127 e. The molecule has 1 rings (SSSR count). The van der Waals surface area contributed by atoms with Crippen molar-refractivity contribution < 1.29 is 4.39 Å². The van der Waals surface area contributed by atoms with Crippen molar-refractivity contribution in [1.29, 1.82) is 0 Å². The number of unbranched alkanes of at least 4 members (excludes halogenated alkanes) is 2. The molecule has 0 aliphatic heterocycles. The quantitative estimate of drug-likeness (QED) is 0.528. The second-order valence-corrected chi connectivity index (χ2v) is 5.45. The Morgan fingerprint density at radius 3 is 2.76 bits per heavy atom. The first-order chi connectivity index (χ1) is 8.13. The van der Waals surface area contributed by atoms with Gasteiger partial charge in [0.25, 0.3) is 0 Å². The summed E-state index contributed by atoms with van der Waals surface area (Å²) in [7, 11) is 2.01.